The maximum Gasteiger partial charge on any atom is 0.303 e. The molecule has 0 radical (unpaired) electrons. The first-order chi connectivity index (χ1) is 15.8. The second kappa shape index (κ2) is 33.1. The zero-order valence-corrected chi connectivity index (χ0v) is 22.8. The van der Waals surface area contributed by atoms with Gasteiger partial charge in [0.15, 0.2) is 5.12 Å². The number of carbonyl (C=O) groups excluding carboxylic acids is 1. The molecular formula is C27H54O5S. The molecular weight excluding hydrogens is 436 g/mol. The molecule has 0 aliphatic heterocycles. The van der Waals surface area contributed by atoms with E-state index >= 15 is 0 Å². The molecule has 0 atom stereocenters. The van der Waals surface area contributed by atoms with Crippen molar-refractivity contribution in [1.29, 1.82) is 0 Å². The van der Waals surface area contributed by atoms with Crippen molar-refractivity contribution >= 4 is 29.7 Å². The van der Waals surface area contributed by atoms with Crippen LogP contribution in [-0.2, 0) is 14.4 Å². The van der Waals surface area contributed by atoms with Gasteiger partial charge >= 0.3 is 11.9 Å². The average Bonchev–Trinajstić information content (AvgIpc) is 2.77. The second-order valence-electron chi connectivity index (χ2n) is 8.69. The lowest BCUT2D eigenvalue weighted by atomic mass is 10.1. The molecule has 6 heteroatoms. The number of rotatable bonds is 21. The summed E-state index contributed by atoms with van der Waals surface area (Å²) in [5, 5.41) is 16.8. The van der Waals surface area contributed by atoms with Gasteiger partial charge in [0.2, 0.25) is 0 Å². The van der Waals surface area contributed by atoms with E-state index in [4.69, 9.17) is 10.2 Å². The number of carboxylic acids is 2. The Morgan fingerprint density at radius 1 is 0.485 bits per heavy atom. The summed E-state index contributed by atoms with van der Waals surface area (Å²) >= 11 is 3.46. The van der Waals surface area contributed by atoms with Crippen molar-refractivity contribution < 1.29 is 24.6 Å². The number of thiol groups is 1. The molecule has 2 N–H and O–H groups in total. The first-order valence-corrected chi connectivity index (χ1v) is 13.9. The van der Waals surface area contributed by atoms with E-state index in [0.717, 1.165) is 25.7 Å². The number of hydrogen-bond acceptors (Lipinski definition) is 3. The van der Waals surface area contributed by atoms with Crippen molar-refractivity contribution in [2.24, 2.45) is 0 Å². The number of unbranched alkanes of at least 4 members (excludes halogenated alkanes) is 16. The molecule has 0 aliphatic carbocycles. The van der Waals surface area contributed by atoms with Gasteiger partial charge < -0.3 is 10.2 Å². The highest BCUT2D eigenvalue weighted by molar-refractivity contribution is 7.96. The minimum atomic E-state index is -0.659. The molecule has 0 bridgehead atoms. The smallest absolute Gasteiger partial charge is 0.303 e. The van der Waals surface area contributed by atoms with E-state index in [1.807, 2.05) is 0 Å². The predicted octanol–water partition coefficient (Wildman–Crippen LogP) is 8.84. The Bertz CT molecular complexity index is 395. The Balaban J connectivity index is -0.000000453. The quantitative estimate of drug-likeness (QED) is 0.110. The van der Waals surface area contributed by atoms with Crippen LogP contribution in [0.5, 0.6) is 0 Å². The minimum Gasteiger partial charge on any atom is -0.481 e. The number of hydrogen-bond donors (Lipinski definition) is 3. The molecule has 0 aromatic rings. The van der Waals surface area contributed by atoms with E-state index in [2.05, 4.69) is 26.5 Å². The zero-order chi connectivity index (χ0) is 25.6. The molecule has 0 rings (SSSR count). The van der Waals surface area contributed by atoms with Crippen LogP contribution >= 0.6 is 12.6 Å². The largest absolute Gasteiger partial charge is 0.481 e. The van der Waals surface area contributed by atoms with Gasteiger partial charge in [-0.3, -0.25) is 14.4 Å². The lowest BCUT2D eigenvalue weighted by molar-refractivity contribution is -0.138. The molecule has 198 valence electrons. The average molecular weight is 491 g/mol. The van der Waals surface area contributed by atoms with E-state index < -0.39 is 11.9 Å². The summed E-state index contributed by atoms with van der Waals surface area (Å²) in [5.41, 5.74) is 0. The van der Waals surface area contributed by atoms with Crippen LogP contribution in [0.2, 0.25) is 0 Å². The molecule has 33 heavy (non-hydrogen) atoms. The first kappa shape index (κ1) is 36.5. The van der Waals surface area contributed by atoms with Crippen molar-refractivity contribution in [3.8, 4) is 0 Å². The number of aliphatic carboxylic acids is 2. The highest BCUT2D eigenvalue weighted by Gasteiger charge is 1.97. The van der Waals surface area contributed by atoms with E-state index in [-0.39, 0.29) is 5.12 Å². The van der Waals surface area contributed by atoms with Crippen LogP contribution < -0.4 is 0 Å². The lowest BCUT2D eigenvalue weighted by Gasteiger charge is -2.00. The zero-order valence-electron chi connectivity index (χ0n) is 21.9. The van der Waals surface area contributed by atoms with Gasteiger partial charge in [0.05, 0.1) is 0 Å². The molecule has 0 saturated carbocycles. The Labute approximate surface area is 209 Å². The number of carbonyl (C=O) groups is 3. The van der Waals surface area contributed by atoms with Crippen LogP contribution in [0.3, 0.4) is 0 Å². The molecule has 0 aliphatic rings. The van der Waals surface area contributed by atoms with Crippen LogP contribution in [0.1, 0.15) is 156 Å². The maximum atomic E-state index is 10.2. The molecule has 0 spiro atoms. The molecule has 5 nitrogen and oxygen atoms in total. The van der Waals surface area contributed by atoms with Crippen molar-refractivity contribution in [2.75, 3.05) is 0 Å². The van der Waals surface area contributed by atoms with E-state index in [1.54, 1.807) is 6.92 Å². The minimum absolute atomic E-state index is 0.0509. The van der Waals surface area contributed by atoms with Gasteiger partial charge in [-0.15, -0.1) is 12.6 Å². The highest BCUT2D eigenvalue weighted by atomic mass is 32.1. The first-order valence-electron chi connectivity index (χ1n) is 13.5. The second-order valence-corrected chi connectivity index (χ2v) is 9.19. The van der Waals surface area contributed by atoms with Crippen molar-refractivity contribution in [2.45, 2.75) is 156 Å². The number of carboxylic acid groups (broad SMARTS) is 2. The highest BCUT2D eigenvalue weighted by Crippen LogP contribution is 2.11. The Hall–Kier alpha value is -1.04. The van der Waals surface area contributed by atoms with Gasteiger partial charge in [0.1, 0.15) is 0 Å². The monoisotopic (exact) mass is 490 g/mol. The Morgan fingerprint density at radius 2 is 0.697 bits per heavy atom. The van der Waals surface area contributed by atoms with Gasteiger partial charge in [-0.05, 0) is 12.8 Å². The summed E-state index contributed by atoms with van der Waals surface area (Å²) < 4.78 is 0. The van der Waals surface area contributed by atoms with Gasteiger partial charge in [-0.1, -0.05) is 124 Å². The van der Waals surface area contributed by atoms with E-state index in [0.29, 0.717) is 19.3 Å². The molecule has 0 heterocycles. The fourth-order valence-electron chi connectivity index (χ4n) is 3.17. The third kappa shape index (κ3) is 49.3. The topological polar surface area (TPSA) is 91.7 Å². The SMILES string of the molecule is CCC(=O)S.CCCCCCCCCCCC(=O)O.CCCCCCCCCCCC(=O)O. The molecule has 0 saturated heterocycles. The lowest BCUT2D eigenvalue weighted by Crippen LogP contribution is -1.93. The van der Waals surface area contributed by atoms with Gasteiger partial charge in [0.25, 0.3) is 0 Å². The maximum absolute atomic E-state index is 10.2. The van der Waals surface area contributed by atoms with Gasteiger partial charge in [0, 0.05) is 19.3 Å². The van der Waals surface area contributed by atoms with Crippen LogP contribution in [-0.4, -0.2) is 27.3 Å². The van der Waals surface area contributed by atoms with Crippen LogP contribution in [0.25, 0.3) is 0 Å². The predicted molar refractivity (Wildman–Crippen MR) is 143 cm³/mol. The van der Waals surface area contributed by atoms with Crippen molar-refractivity contribution in [1.82, 2.24) is 0 Å². The van der Waals surface area contributed by atoms with Crippen LogP contribution in [0.15, 0.2) is 0 Å². The summed E-state index contributed by atoms with van der Waals surface area (Å²) in [4.78, 5) is 30.1. The third-order valence-corrected chi connectivity index (χ3v) is 5.61. The Morgan fingerprint density at radius 3 is 0.879 bits per heavy atom. The molecule has 0 amide bonds. The summed E-state index contributed by atoms with van der Waals surface area (Å²) in [6.07, 6.45) is 23.5. The van der Waals surface area contributed by atoms with Gasteiger partial charge in [-0.2, -0.15) is 0 Å². The normalized spacial score (nSPS) is 9.94. The molecule has 0 aromatic heterocycles. The fraction of sp³-hybridized carbons (Fsp3) is 0.889. The summed E-state index contributed by atoms with van der Waals surface area (Å²) in [5.74, 6) is -1.32. The van der Waals surface area contributed by atoms with Crippen LogP contribution in [0, 0.1) is 0 Å². The van der Waals surface area contributed by atoms with E-state index in [1.165, 1.54) is 89.9 Å². The molecule has 0 aromatic carbocycles. The summed E-state index contributed by atoms with van der Waals surface area (Å²) in [7, 11) is 0. The Kier molecular flexibility index (Phi) is 36.7. The van der Waals surface area contributed by atoms with Crippen molar-refractivity contribution in [3.63, 3.8) is 0 Å². The van der Waals surface area contributed by atoms with Crippen LogP contribution in [0.4, 0.5) is 0 Å². The van der Waals surface area contributed by atoms with Crippen molar-refractivity contribution in [3.05, 3.63) is 0 Å². The molecule has 0 unspecified atom stereocenters. The molecule has 0 fully saturated rings. The van der Waals surface area contributed by atoms with E-state index in [9.17, 15) is 14.4 Å². The summed E-state index contributed by atoms with van der Waals surface area (Å²) in [6.45, 7) is 6.23. The van der Waals surface area contributed by atoms with Gasteiger partial charge in [-0.25, -0.2) is 0 Å². The standard InChI is InChI=1S/2C12H24O2.C3H6OS/c2*1-2-3-4-5-6-7-8-9-10-11-12(13)14;1-2-3(4)5/h2*2-11H2,1H3,(H,13,14);2H2,1H3,(H,4,5). The summed E-state index contributed by atoms with van der Waals surface area (Å²) in [6, 6.07) is 0. The fourth-order valence-corrected chi connectivity index (χ4v) is 3.17. The third-order valence-electron chi connectivity index (χ3n) is 5.29.